The number of guanidine groups is 1. The van der Waals surface area contributed by atoms with Gasteiger partial charge in [-0.2, -0.15) is 0 Å². The van der Waals surface area contributed by atoms with Crippen LogP contribution in [0.15, 0.2) is 35.3 Å². The number of benzene rings is 1. The largest absolute Gasteiger partial charge is 0.461 e. The van der Waals surface area contributed by atoms with Gasteiger partial charge in [-0.05, 0) is 24.8 Å². The Morgan fingerprint density at radius 1 is 0.939 bits per heavy atom. The minimum absolute atomic E-state index is 0.0164. The highest BCUT2D eigenvalue weighted by Gasteiger charge is 2.12. The van der Waals surface area contributed by atoms with Gasteiger partial charge in [0, 0.05) is 32.5 Å². The summed E-state index contributed by atoms with van der Waals surface area (Å²) in [5, 5.41) is 15.2. The molecule has 10 nitrogen and oxygen atoms in total. The van der Waals surface area contributed by atoms with Crippen molar-refractivity contribution in [2.45, 2.75) is 64.1 Å². The Balaban J connectivity index is 2.00. The quantitative estimate of drug-likeness (QED) is 0.0980. The van der Waals surface area contributed by atoms with Crippen molar-refractivity contribution in [3.05, 3.63) is 35.9 Å². The monoisotopic (exact) mass is 463 g/mol. The van der Waals surface area contributed by atoms with E-state index in [1.807, 2.05) is 30.3 Å². The molecule has 0 aliphatic heterocycles. The topological polar surface area (TPSA) is 169 Å². The molecule has 1 aromatic carbocycles. The molecule has 7 N–H and O–H groups in total. The van der Waals surface area contributed by atoms with E-state index in [0.29, 0.717) is 25.9 Å². The van der Waals surface area contributed by atoms with Gasteiger partial charge in [0.1, 0.15) is 6.61 Å². The second-order valence-corrected chi connectivity index (χ2v) is 7.73. The second-order valence-electron chi connectivity index (χ2n) is 7.73. The molecule has 0 aliphatic carbocycles. The van der Waals surface area contributed by atoms with E-state index in [-0.39, 0.29) is 49.7 Å². The summed E-state index contributed by atoms with van der Waals surface area (Å²) in [7, 11) is 0. The van der Waals surface area contributed by atoms with Gasteiger partial charge in [-0.3, -0.25) is 19.4 Å². The molecule has 0 unspecified atom stereocenters. The third kappa shape index (κ3) is 16.2. The lowest BCUT2D eigenvalue weighted by Crippen LogP contribution is -2.36. The van der Waals surface area contributed by atoms with Crippen LogP contribution in [0.25, 0.3) is 0 Å². The van der Waals surface area contributed by atoms with Crippen molar-refractivity contribution in [3.63, 3.8) is 0 Å². The number of aliphatic imine (C=N–C) groups is 1. The predicted molar refractivity (Wildman–Crippen MR) is 126 cm³/mol. The van der Waals surface area contributed by atoms with Crippen molar-refractivity contribution in [2.75, 3.05) is 19.6 Å². The first kappa shape index (κ1) is 27.9. The number of unbranched alkanes of at least 4 members (excludes halogenated alkanes) is 3. The number of rotatable bonds is 17. The molecule has 0 aromatic heterocycles. The second kappa shape index (κ2) is 17.4. The summed E-state index contributed by atoms with van der Waals surface area (Å²) >= 11 is 0. The van der Waals surface area contributed by atoms with E-state index < -0.39 is 6.10 Å². The van der Waals surface area contributed by atoms with Crippen LogP contribution < -0.4 is 22.1 Å². The fourth-order valence-electron chi connectivity index (χ4n) is 2.91. The van der Waals surface area contributed by atoms with E-state index >= 15 is 0 Å². The molecule has 0 saturated heterocycles. The van der Waals surface area contributed by atoms with Crippen molar-refractivity contribution in [3.8, 4) is 0 Å². The summed E-state index contributed by atoms with van der Waals surface area (Å²) in [6.45, 7) is 1.13. The molecule has 0 heterocycles. The van der Waals surface area contributed by atoms with Gasteiger partial charge in [-0.25, -0.2) is 0 Å². The Labute approximate surface area is 195 Å². The highest BCUT2D eigenvalue weighted by Crippen LogP contribution is 2.04. The zero-order valence-corrected chi connectivity index (χ0v) is 19.1. The Bertz CT molecular complexity index is 738. The van der Waals surface area contributed by atoms with Crippen LogP contribution >= 0.6 is 0 Å². The van der Waals surface area contributed by atoms with Crippen LogP contribution in [0, 0.1) is 0 Å². The van der Waals surface area contributed by atoms with Gasteiger partial charge in [0.15, 0.2) is 5.96 Å². The number of aliphatic hydroxyl groups is 1. The van der Waals surface area contributed by atoms with Gasteiger partial charge in [-0.15, -0.1) is 0 Å². The smallest absolute Gasteiger partial charge is 0.306 e. The minimum Gasteiger partial charge on any atom is -0.461 e. The number of aliphatic hydroxyl groups excluding tert-OH is 1. The number of carbonyl (C=O) groups excluding carboxylic acids is 3. The lowest BCUT2D eigenvalue weighted by molar-refractivity contribution is -0.145. The lowest BCUT2D eigenvalue weighted by atomic mass is 10.1. The highest BCUT2D eigenvalue weighted by atomic mass is 16.5. The van der Waals surface area contributed by atoms with Crippen LogP contribution in [0.2, 0.25) is 0 Å². The fraction of sp³-hybridized carbons (Fsp3) is 0.565. The number of nitrogens with two attached hydrogens (primary N) is 2. The predicted octanol–water partition coefficient (Wildman–Crippen LogP) is 0.717. The van der Waals surface area contributed by atoms with Gasteiger partial charge >= 0.3 is 5.97 Å². The Hall–Kier alpha value is -3.14. The average Bonchev–Trinajstić information content (AvgIpc) is 2.79. The normalized spacial score (nSPS) is 11.3. The summed E-state index contributed by atoms with van der Waals surface area (Å²) in [4.78, 5) is 39.3. The Morgan fingerprint density at radius 2 is 1.67 bits per heavy atom. The van der Waals surface area contributed by atoms with Crippen LogP contribution in [-0.2, 0) is 25.7 Å². The number of nitrogens with one attached hydrogen (secondary N) is 2. The van der Waals surface area contributed by atoms with E-state index in [2.05, 4.69) is 15.6 Å². The standard InChI is InChI=1S/C23H37N5O5/c24-23(25)27-13-7-2-1-6-11-20(30)28-16-19(29)15-21(31)26-14-8-12-22(32)33-17-18-9-4-3-5-10-18/h3-5,9-10,19,29H,1-2,6-8,11-17H2,(H,26,31)(H,28,30)(H4,24,25,27)/t19-/m0/s1. The van der Waals surface area contributed by atoms with Crippen LogP contribution in [0.5, 0.6) is 0 Å². The number of ether oxygens (including phenoxy) is 1. The van der Waals surface area contributed by atoms with Gasteiger partial charge < -0.3 is 31.9 Å². The first-order valence-corrected chi connectivity index (χ1v) is 11.3. The molecule has 0 fully saturated rings. The van der Waals surface area contributed by atoms with E-state index in [0.717, 1.165) is 31.2 Å². The number of nitrogens with zero attached hydrogens (tertiary/aromatic N) is 1. The van der Waals surface area contributed by atoms with Crippen molar-refractivity contribution in [1.29, 1.82) is 0 Å². The molecular weight excluding hydrogens is 426 g/mol. The fourth-order valence-corrected chi connectivity index (χ4v) is 2.91. The number of carbonyl (C=O) groups is 3. The SMILES string of the molecule is NC(N)=NCCCCCCC(=O)NC[C@@H](O)CC(=O)NCCCC(=O)OCc1ccccc1. The van der Waals surface area contributed by atoms with Crippen molar-refractivity contribution in [2.24, 2.45) is 16.5 Å². The summed E-state index contributed by atoms with van der Waals surface area (Å²) in [6, 6.07) is 9.39. The Morgan fingerprint density at radius 3 is 2.39 bits per heavy atom. The van der Waals surface area contributed by atoms with E-state index in [9.17, 15) is 19.5 Å². The molecule has 0 radical (unpaired) electrons. The number of esters is 1. The average molecular weight is 464 g/mol. The summed E-state index contributed by atoms with van der Waals surface area (Å²) in [5.74, 6) is -0.742. The van der Waals surface area contributed by atoms with Gasteiger partial charge in [-0.1, -0.05) is 43.2 Å². The van der Waals surface area contributed by atoms with Crippen molar-refractivity contribution in [1.82, 2.24) is 10.6 Å². The number of hydrogen-bond acceptors (Lipinski definition) is 6. The molecule has 33 heavy (non-hydrogen) atoms. The zero-order valence-electron chi connectivity index (χ0n) is 19.1. The van der Waals surface area contributed by atoms with Gasteiger partial charge in [0.05, 0.1) is 12.5 Å². The third-order valence-corrected chi connectivity index (χ3v) is 4.68. The maximum absolute atomic E-state index is 11.9. The first-order valence-electron chi connectivity index (χ1n) is 11.3. The van der Waals surface area contributed by atoms with E-state index in [4.69, 9.17) is 16.2 Å². The molecule has 0 aliphatic rings. The van der Waals surface area contributed by atoms with Crippen molar-refractivity contribution < 1.29 is 24.2 Å². The van der Waals surface area contributed by atoms with Crippen LogP contribution in [0.3, 0.4) is 0 Å². The molecule has 1 aromatic rings. The first-order chi connectivity index (χ1) is 15.9. The number of hydrogen-bond donors (Lipinski definition) is 5. The molecule has 0 spiro atoms. The van der Waals surface area contributed by atoms with E-state index in [1.165, 1.54) is 0 Å². The lowest BCUT2D eigenvalue weighted by Gasteiger charge is -2.12. The molecule has 1 rings (SSSR count). The molecule has 1 atom stereocenters. The molecule has 0 saturated carbocycles. The Kier molecular flexibility index (Phi) is 14.7. The molecule has 184 valence electrons. The maximum Gasteiger partial charge on any atom is 0.306 e. The highest BCUT2D eigenvalue weighted by molar-refractivity contribution is 5.77. The van der Waals surface area contributed by atoms with Crippen LogP contribution in [0.1, 0.15) is 56.9 Å². The maximum atomic E-state index is 11.9. The van der Waals surface area contributed by atoms with Crippen LogP contribution in [-0.4, -0.2) is 54.6 Å². The summed E-state index contributed by atoms with van der Waals surface area (Å²) < 4.78 is 5.17. The molecule has 2 amide bonds. The van der Waals surface area contributed by atoms with Gasteiger partial charge in [0.25, 0.3) is 0 Å². The van der Waals surface area contributed by atoms with Crippen molar-refractivity contribution >= 4 is 23.7 Å². The molecule has 10 heteroatoms. The summed E-state index contributed by atoms with van der Waals surface area (Å²) in [6.07, 6.45) is 3.32. The number of amides is 2. The molecule has 0 bridgehead atoms. The van der Waals surface area contributed by atoms with Crippen LogP contribution in [0.4, 0.5) is 0 Å². The van der Waals surface area contributed by atoms with Gasteiger partial charge in [0.2, 0.25) is 11.8 Å². The molecular formula is C23H37N5O5. The van der Waals surface area contributed by atoms with E-state index in [1.54, 1.807) is 0 Å². The minimum atomic E-state index is -0.968. The third-order valence-electron chi connectivity index (χ3n) is 4.68. The summed E-state index contributed by atoms with van der Waals surface area (Å²) in [5.41, 5.74) is 11.4. The zero-order chi connectivity index (χ0) is 24.3.